The summed E-state index contributed by atoms with van der Waals surface area (Å²) in [5.41, 5.74) is 6.37. The third-order valence-corrected chi connectivity index (χ3v) is 2.49. The molecule has 0 aromatic carbocycles. The smallest absolute Gasteiger partial charge is 0.268 e. The number of amides is 1. The molecule has 0 unspecified atom stereocenters. The summed E-state index contributed by atoms with van der Waals surface area (Å²) in [6.45, 7) is 0. The van der Waals surface area contributed by atoms with E-state index in [1.807, 2.05) is 12.3 Å². The Balaban J connectivity index is 2.39. The summed E-state index contributed by atoms with van der Waals surface area (Å²) in [6.07, 6.45) is 3.63. The van der Waals surface area contributed by atoms with Crippen molar-refractivity contribution in [2.75, 3.05) is 0 Å². The molecule has 0 spiro atoms. The standard InChI is InChI=1S/C8H7N3OS/c9-7(12)6-4-13-8(11-6)5-1-2-10-3-5/h1-4,10H,(H2,9,12). The molecule has 13 heavy (non-hydrogen) atoms. The molecular formula is C8H7N3OS. The SMILES string of the molecule is NC(=O)c1csc(-c2cc[nH]c2)n1. The van der Waals surface area contributed by atoms with Gasteiger partial charge in [0.1, 0.15) is 10.7 Å². The maximum absolute atomic E-state index is 10.7. The molecule has 2 aromatic heterocycles. The van der Waals surface area contributed by atoms with Crippen molar-refractivity contribution >= 4 is 17.2 Å². The molecule has 0 atom stereocenters. The highest BCUT2D eigenvalue weighted by atomic mass is 32.1. The lowest BCUT2D eigenvalue weighted by Crippen LogP contribution is -2.10. The van der Waals surface area contributed by atoms with E-state index in [4.69, 9.17) is 5.73 Å². The Morgan fingerprint density at radius 1 is 1.62 bits per heavy atom. The number of nitrogens with one attached hydrogen (secondary N) is 1. The van der Waals surface area contributed by atoms with Crippen LogP contribution in [0.25, 0.3) is 10.6 Å². The van der Waals surface area contributed by atoms with Crippen molar-refractivity contribution in [2.45, 2.75) is 0 Å². The average molecular weight is 193 g/mol. The van der Waals surface area contributed by atoms with E-state index in [1.165, 1.54) is 11.3 Å². The van der Waals surface area contributed by atoms with Crippen LogP contribution in [0.1, 0.15) is 10.5 Å². The van der Waals surface area contributed by atoms with Gasteiger partial charge in [0.05, 0.1) is 0 Å². The van der Waals surface area contributed by atoms with Crippen LogP contribution < -0.4 is 5.73 Å². The summed E-state index contributed by atoms with van der Waals surface area (Å²) in [7, 11) is 0. The largest absolute Gasteiger partial charge is 0.367 e. The lowest BCUT2D eigenvalue weighted by atomic mass is 10.3. The minimum absolute atomic E-state index is 0.321. The van der Waals surface area contributed by atoms with E-state index in [1.54, 1.807) is 11.6 Å². The van der Waals surface area contributed by atoms with Gasteiger partial charge in [0, 0.05) is 23.3 Å². The number of carbonyl (C=O) groups excluding carboxylic acids is 1. The maximum atomic E-state index is 10.7. The highest BCUT2D eigenvalue weighted by Gasteiger charge is 2.07. The molecule has 3 N–H and O–H groups in total. The Labute approximate surface area is 78.4 Å². The maximum Gasteiger partial charge on any atom is 0.268 e. The van der Waals surface area contributed by atoms with Crippen molar-refractivity contribution < 1.29 is 4.79 Å². The number of aromatic nitrogens is 2. The summed E-state index contributed by atoms with van der Waals surface area (Å²) in [6, 6.07) is 1.89. The molecule has 0 aliphatic rings. The van der Waals surface area contributed by atoms with Crippen LogP contribution in [0.5, 0.6) is 0 Å². The molecule has 2 aromatic rings. The van der Waals surface area contributed by atoms with Crippen LogP contribution in [0.15, 0.2) is 23.8 Å². The number of H-pyrrole nitrogens is 1. The van der Waals surface area contributed by atoms with Crippen molar-refractivity contribution in [1.29, 1.82) is 0 Å². The van der Waals surface area contributed by atoms with Crippen LogP contribution in [0.2, 0.25) is 0 Å². The van der Waals surface area contributed by atoms with Crippen molar-refractivity contribution in [2.24, 2.45) is 5.73 Å². The van der Waals surface area contributed by atoms with Crippen molar-refractivity contribution in [3.05, 3.63) is 29.5 Å². The first-order chi connectivity index (χ1) is 6.27. The molecule has 4 nitrogen and oxygen atoms in total. The highest BCUT2D eigenvalue weighted by Crippen LogP contribution is 2.22. The van der Waals surface area contributed by atoms with Crippen LogP contribution in [-0.2, 0) is 0 Å². The quantitative estimate of drug-likeness (QED) is 0.753. The van der Waals surface area contributed by atoms with Gasteiger partial charge in [-0.15, -0.1) is 11.3 Å². The normalized spacial score (nSPS) is 10.2. The van der Waals surface area contributed by atoms with Gasteiger partial charge in [-0.05, 0) is 6.07 Å². The Morgan fingerprint density at radius 3 is 3.00 bits per heavy atom. The number of primary amides is 1. The van der Waals surface area contributed by atoms with Gasteiger partial charge in [-0.2, -0.15) is 0 Å². The van der Waals surface area contributed by atoms with Gasteiger partial charge >= 0.3 is 0 Å². The van der Waals surface area contributed by atoms with Gasteiger partial charge in [-0.1, -0.05) is 0 Å². The number of carbonyl (C=O) groups is 1. The molecule has 66 valence electrons. The lowest BCUT2D eigenvalue weighted by Gasteiger charge is -1.86. The predicted molar refractivity (Wildman–Crippen MR) is 50.4 cm³/mol. The topological polar surface area (TPSA) is 71.8 Å². The second-order valence-electron chi connectivity index (χ2n) is 2.50. The van der Waals surface area contributed by atoms with Gasteiger partial charge in [0.15, 0.2) is 0 Å². The average Bonchev–Trinajstić information content (AvgIpc) is 2.75. The first-order valence-corrected chi connectivity index (χ1v) is 4.54. The third-order valence-electron chi connectivity index (χ3n) is 1.60. The fourth-order valence-electron chi connectivity index (χ4n) is 0.976. The summed E-state index contributed by atoms with van der Waals surface area (Å²) >= 11 is 1.40. The zero-order valence-electron chi connectivity index (χ0n) is 6.65. The lowest BCUT2D eigenvalue weighted by molar-refractivity contribution is 0.0996. The monoisotopic (exact) mass is 193 g/mol. The Hall–Kier alpha value is -1.62. The number of rotatable bonds is 2. The van der Waals surface area contributed by atoms with Crippen LogP contribution in [0.4, 0.5) is 0 Å². The third kappa shape index (κ3) is 1.46. The molecule has 0 radical (unpaired) electrons. The Morgan fingerprint density at radius 2 is 2.46 bits per heavy atom. The van der Waals surface area contributed by atoms with E-state index in [0.29, 0.717) is 5.69 Å². The summed E-state index contributed by atoms with van der Waals surface area (Å²) in [5.74, 6) is -0.488. The molecule has 0 aliphatic carbocycles. The van der Waals surface area contributed by atoms with Gasteiger partial charge in [0.2, 0.25) is 0 Å². The van der Waals surface area contributed by atoms with E-state index in [0.717, 1.165) is 10.6 Å². The van der Waals surface area contributed by atoms with Gasteiger partial charge < -0.3 is 10.7 Å². The zero-order chi connectivity index (χ0) is 9.26. The minimum atomic E-state index is -0.488. The predicted octanol–water partition coefficient (Wildman–Crippen LogP) is 1.24. The molecule has 1 amide bonds. The summed E-state index contributed by atoms with van der Waals surface area (Å²) < 4.78 is 0. The second-order valence-corrected chi connectivity index (χ2v) is 3.36. The molecule has 0 saturated heterocycles. The van der Waals surface area contributed by atoms with E-state index in [9.17, 15) is 4.79 Å². The number of hydrogen-bond acceptors (Lipinski definition) is 3. The number of thiazole rings is 1. The fourth-order valence-corrected chi connectivity index (χ4v) is 1.78. The number of nitrogens with two attached hydrogens (primary N) is 1. The van der Waals surface area contributed by atoms with Crippen molar-refractivity contribution in [3.8, 4) is 10.6 Å². The number of aromatic amines is 1. The first kappa shape index (κ1) is 8.00. The van der Waals surface area contributed by atoms with Crippen molar-refractivity contribution in [3.63, 3.8) is 0 Å². The molecule has 0 bridgehead atoms. The van der Waals surface area contributed by atoms with Gasteiger partial charge in [-0.25, -0.2) is 4.98 Å². The van der Waals surface area contributed by atoms with Crippen LogP contribution in [0.3, 0.4) is 0 Å². The molecule has 0 aliphatic heterocycles. The fraction of sp³-hybridized carbons (Fsp3) is 0. The molecular weight excluding hydrogens is 186 g/mol. The van der Waals surface area contributed by atoms with Crippen LogP contribution in [0, 0.1) is 0 Å². The van der Waals surface area contributed by atoms with Crippen LogP contribution in [-0.4, -0.2) is 15.9 Å². The summed E-state index contributed by atoms with van der Waals surface area (Å²) in [4.78, 5) is 17.7. The molecule has 0 fully saturated rings. The van der Waals surface area contributed by atoms with Gasteiger partial charge in [-0.3, -0.25) is 4.79 Å². The minimum Gasteiger partial charge on any atom is -0.367 e. The van der Waals surface area contributed by atoms with E-state index >= 15 is 0 Å². The van der Waals surface area contributed by atoms with Crippen molar-refractivity contribution in [1.82, 2.24) is 9.97 Å². The summed E-state index contributed by atoms with van der Waals surface area (Å²) in [5, 5.41) is 2.46. The number of nitrogens with zero attached hydrogens (tertiary/aromatic N) is 1. The van der Waals surface area contributed by atoms with E-state index < -0.39 is 5.91 Å². The Kier molecular flexibility index (Phi) is 1.86. The molecule has 0 saturated carbocycles. The van der Waals surface area contributed by atoms with Gasteiger partial charge in [0.25, 0.3) is 5.91 Å². The zero-order valence-corrected chi connectivity index (χ0v) is 7.47. The molecule has 5 heteroatoms. The van der Waals surface area contributed by atoms with E-state index in [2.05, 4.69) is 9.97 Å². The molecule has 2 heterocycles. The first-order valence-electron chi connectivity index (χ1n) is 3.66. The second kappa shape index (κ2) is 3.02. The Bertz CT molecular complexity index is 418. The van der Waals surface area contributed by atoms with Crippen LogP contribution >= 0.6 is 11.3 Å². The van der Waals surface area contributed by atoms with E-state index in [-0.39, 0.29) is 0 Å². The highest BCUT2D eigenvalue weighted by molar-refractivity contribution is 7.13. The number of hydrogen-bond donors (Lipinski definition) is 2. The molecule has 2 rings (SSSR count).